The number of nitrogens with one attached hydrogen (secondary N) is 1. The van der Waals surface area contributed by atoms with Crippen molar-refractivity contribution in [3.63, 3.8) is 0 Å². The van der Waals surface area contributed by atoms with Crippen molar-refractivity contribution in [1.29, 1.82) is 0 Å². The third kappa shape index (κ3) is 9.44. The third-order valence-corrected chi connectivity index (χ3v) is 3.45. The molecule has 3 unspecified atom stereocenters. The van der Waals surface area contributed by atoms with Crippen LogP contribution in [-0.2, 0) is 23.9 Å². The zero-order valence-corrected chi connectivity index (χ0v) is 16.0. The highest BCUT2D eigenvalue weighted by Gasteiger charge is 2.40. The monoisotopic (exact) mass is 387 g/mol. The fourth-order valence-electron chi connectivity index (χ4n) is 2.44. The van der Waals surface area contributed by atoms with Crippen molar-refractivity contribution in [2.75, 3.05) is 13.2 Å². The van der Waals surface area contributed by atoms with Gasteiger partial charge in [0.05, 0.1) is 25.4 Å². The highest BCUT2D eigenvalue weighted by molar-refractivity contribution is 6.20. The van der Waals surface area contributed by atoms with E-state index in [0.717, 1.165) is 12.8 Å². The average Bonchev–Trinajstić information content (AvgIpc) is 3.34. The van der Waals surface area contributed by atoms with Gasteiger partial charge in [-0.25, -0.2) is 4.79 Å². The summed E-state index contributed by atoms with van der Waals surface area (Å²) in [6, 6.07) is 0.323. The maximum absolute atomic E-state index is 11.3. The maximum atomic E-state index is 11.3. The van der Waals surface area contributed by atoms with Gasteiger partial charge < -0.3 is 15.6 Å². The quantitative estimate of drug-likeness (QED) is 0.249. The predicted molar refractivity (Wildman–Crippen MR) is 101 cm³/mol. The lowest BCUT2D eigenvalue weighted by molar-refractivity contribution is -0.148. The van der Waals surface area contributed by atoms with Crippen LogP contribution in [0.25, 0.3) is 0 Å². The van der Waals surface area contributed by atoms with Crippen LogP contribution in [0.4, 0.5) is 0 Å². The summed E-state index contributed by atoms with van der Waals surface area (Å²) in [7, 11) is 0. The number of fused-ring (bicyclic) bond motifs is 2. The molecule has 1 heterocycles. The number of aldehydes is 1. The molecule has 26 heavy (non-hydrogen) atoms. The summed E-state index contributed by atoms with van der Waals surface area (Å²) in [4.78, 5) is 30.6. The van der Waals surface area contributed by atoms with Crippen LogP contribution in [0.2, 0.25) is 0 Å². The van der Waals surface area contributed by atoms with Gasteiger partial charge in [0.25, 0.3) is 0 Å². The van der Waals surface area contributed by atoms with Crippen molar-refractivity contribution in [2.24, 2.45) is 5.92 Å². The highest BCUT2D eigenvalue weighted by Crippen LogP contribution is 2.29. The molecule has 0 aromatic heterocycles. The van der Waals surface area contributed by atoms with Crippen LogP contribution < -0.4 is 11.5 Å². The van der Waals surface area contributed by atoms with Crippen LogP contribution >= 0.6 is 12.4 Å². The molecule has 3 rings (SSSR count). The Kier molecular flexibility index (Phi) is 15.3. The Morgan fingerprint density at radius 3 is 2.23 bits per heavy atom. The summed E-state index contributed by atoms with van der Waals surface area (Å²) < 4.78 is 9.13. The molecule has 1 fully saturated rings. The number of ether oxygens (including phenoxy) is 2. The van der Waals surface area contributed by atoms with Crippen molar-refractivity contribution in [3.8, 4) is 0 Å². The molecule has 3 aliphatic rings. The lowest BCUT2D eigenvalue weighted by Gasteiger charge is -2.17. The topological polar surface area (TPSA) is 117 Å². The van der Waals surface area contributed by atoms with Crippen LogP contribution in [0.1, 0.15) is 26.7 Å². The molecule has 0 spiro atoms. The molecule has 0 radical (unpaired) electrons. The molecule has 3 atom stereocenters. The van der Waals surface area contributed by atoms with E-state index in [2.05, 4.69) is 34.4 Å². The van der Waals surface area contributed by atoms with Crippen molar-refractivity contribution in [2.45, 2.75) is 38.8 Å². The molecule has 8 heteroatoms. The molecule has 2 aliphatic carbocycles. The van der Waals surface area contributed by atoms with E-state index in [0.29, 0.717) is 18.6 Å². The summed E-state index contributed by atoms with van der Waals surface area (Å²) in [5.41, 5.74) is 0. The Morgan fingerprint density at radius 2 is 1.92 bits per heavy atom. The number of carbonyl (C=O) groups excluding carboxylic acids is 3. The Hall–Kier alpha value is -2.05. The normalized spacial score (nSPS) is 22.3. The van der Waals surface area contributed by atoms with E-state index < -0.39 is 5.97 Å². The van der Waals surface area contributed by atoms with Crippen LogP contribution in [0.3, 0.4) is 0 Å². The van der Waals surface area contributed by atoms with E-state index in [1.807, 2.05) is 19.1 Å². The summed E-state index contributed by atoms with van der Waals surface area (Å²) in [5.74, 6) is -0.536. The zero-order chi connectivity index (χ0) is 17.8. The maximum Gasteiger partial charge on any atom is 0.371 e. The number of allylic oxidation sites excluding steroid dienone is 4. The molecule has 1 aliphatic heterocycles. The first-order valence-electron chi connectivity index (χ1n) is 8.07. The molecule has 1 saturated heterocycles. The minimum absolute atomic E-state index is 0. The van der Waals surface area contributed by atoms with E-state index in [1.54, 1.807) is 6.92 Å². The fourth-order valence-corrected chi connectivity index (χ4v) is 2.44. The van der Waals surface area contributed by atoms with Gasteiger partial charge >= 0.3 is 11.9 Å². The summed E-state index contributed by atoms with van der Waals surface area (Å²) in [6.45, 7) is 4.21. The van der Waals surface area contributed by atoms with Gasteiger partial charge in [-0.15, -0.1) is 12.4 Å². The second-order valence-corrected chi connectivity index (χ2v) is 5.16. The van der Waals surface area contributed by atoms with Gasteiger partial charge in [0.1, 0.15) is 12.5 Å². The molecule has 0 saturated carbocycles. The zero-order valence-electron chi connectivity index (χ0n) is 15.2. The first kappa shape index (κ1) is 26.2. The van der Waals surface area contributed by atoms with Gasteiger partial charge in [-0.2, -0.15) is 0 Å². The number of rotatable bonds is 4. The summed E-state index contributed by atoms with van der Waals surface area (Å²) in [5, 5.41) is 3.21. The molecular formula is C18H28ClN2O5+. The highest BCUT2D eigenvalue weighted by atomic mass is 35.5. The van der Waals surface area contributed by atoms with Gasteiger partial charge in [-0.05, 0) is 20.3 Å². The van der Waals surface area contributed by atoms with E-state index in [4.69, 9.17) is 4.74 Å². The number of hydrogen-bond donors (Lipinski definition) is 2. The molecule has 2 bridgehead atoms. The van der Waals surface area contributed by atoms with Crippen molar-refractivity contribution >= 4 is 30.6 Å². The smallest absolute Gasteiger partial charge is 0.371 e. The number of hydrogen-bond acceptors (Lipinski definition) is 7. The first-order valence-corrected chi connectivity index (χ1v) is 8.07. The Bertz CT molecular complexity index is 510. The predicted octanol–water partition coefficient (Wildman–Crippen LogP) is 2.10. The third-order valence-electron chi connectivity index (χ3n) is 3.45. The summed E-state index contributed by atoms with van der Waals surface area (Å²) in [6.07, 6.45) is 15.4. The van der Waals surface area contributed by atoms with Gasteiger partial charge in [0.15, 0.2) is 6.08 Å². The minimum atomic E-state index is -0.803. The number of esters is 2. The van der Waals surface area contributed by atoms with E-state index in [-0.39, 0.29) is 43.5 Å². The second kappa shape index (κ2) is 15.2. The molecule has 0 aromatic rings. The van der Waals surface area contributed by atoms with E-state index in [9.17, 15) is 14.4 Å². The fraction of sp³-hybridized carbons (Fsp3) is 0.500. The number of carbonyl (C=O) groups is 3. The standard InChI is InChI=1S/C9H13NO2.C5H5.C4H6O3.ClH.H3N/c1-2-12-9(11)8-6-3-4-7(5-6)10-8;1-2-4-5-3-1;1-2-7-4(6)3-5;;/h3-4,6-8,10H,2,5H2,1H3;1-3H,4H2;3H,2H2,1H3;1H;1H3/q;+1;;;. The Labute approximate surface area is 160 Å². The lowest BCUT2D eigenvalue weighted by Crippen LogP contribution is -2.40. The van der Waals surface area contributed by atoms with E-state index in [1.165, 1.54) is 0 Å². The SMILES string of the molecule is CCOC(=O)C1NC2C=CC1C2.CCOC(=O)C=O.Cl.N.[C+]1=CC=CC1. The van der Waals surface area contributed by atoms with E-state index >= 15 is 0 Å². The van der Waals surface area contributed by atoms with Crippen molar-refractivity contribution in [3.05, 3.63) is 36.5 Å². The van der Waals surface area contributed by atoms with Gasteiger partial charge in [0, 0.05) is 18.0 Å². The molecule has 0 amide bonds. The van der Waals surface area contributed by atoms with Crippen LogP contribution in [0.5, 0.6) is 0 Å². The Balaban J connectivity index is 0. The minimum Gasteiger partial charge on any atom is -0.465 e. The van der Waals surface area contributed by atoms with Crippen molar-refractivity contribution in [1.82, 2.24) is 11.5 Å². The van der Waals surface area contributed by atoms with Gasteiger partial charge in [0.2, 0.25) is 6.29 Å². The molecule has 146 valence electrons. The first-order chi connectivity index (χ1) is 11.6. The molecular weight excluding hydrogens is 360 g/mol. The van der Waals surface area contributed by atoms with Crippen LogP contribution in [-0.4, -0.2) is 43.5 Å². The molecule has 7 nitrogen and oxygen atoms in total. The second-order valence-electron chi connectivity index (χ2n) is 5.16. The largest absolute Gasteiger partial charge is 0.465 e. The van der Waals surface area contributed by atoms with Gasteiger partial charge in [-0.3, -0.25) is 14.9 Å². The molecule has 4 N–H and O–H groups in total. The Morgan fingerprint density at radius 1 is 1.23 bits per heavy atom. The summed E-state index contributed by atoms with van der Waals surface area (Å²) >= 11 is 0. The van der Waals surface area contributed by atoms with Crippen LogP contribution in [0.15, 0.2) is 30.4 Å². The number of halogens is 1. The molecule has 0 aromatic carbocycles. The van der Waals surface area contributed by atoms with Crippen molar-refractivity contribution < 1.29 is 23.9 Å². The van der Waals surface area contributed by atoms with Gasteiger partial charge in [-0.1, -0.05) is 12.2 Å². The lowest BCUT2D eigenvalue weighted by atomic mass is 10.0. The van der Waals surface area contributed by atoms with Crippen LogP contribution in [0, 0.1) is 12.0 Å². The average molecular weight is 388 g/mol.